The van der Waals surface area contributed by atoms with E-state index in [-0.39, 0.29) is 0 Å². The first-order valence-corrected chi connectivity index (χ1v) is 8.35. The Balaban J connectivity index is 1.83. The molecular weight excluding hydrogens is 292 g/mol. The summed E-state index contributed by atoms with van der Waals surface area (Å²) in [5.41, 5.74) is 6.34. The molecule has 1 aliphatic rings. The standard InChI is InChI=1S/C17H20N4S/c1-4-19-14-7-8-21(10-16(14)18-3)12(2)13-5-6-17-15(9-13)20-11-22-17/h4-6,9,11-12H,3,7-8,10H2,1-2H3. The first-order valence-electron chi connectivity index (χ1n) is 7.47. The summed E-state index contributed by atoms with van der Waals surface area (Å²) < 4.78 is 1.24. The zero-order valence-corrected chi connectivity index (χ0v) is 13.8. The minimum Gasteiger partial charge on any atom is -0.290 e. The molecule has 0 radical (unpaired) electrons. The summed E-state index contributed by atoms with van der Waals surface area (Å²) in [4.78, 5) is 15.4. The monoisotopic (exact) mass is 312 g/mol. The van der Waals surface area contributed by atoms with Crippen LogP contribution in [0.4, 0.5) is 0 Å². The maximum Gasteiger partial charge on any atom is 0.0815 e. The molecule has 1 aliphatic heterocycles. The fourth-order valence-corrected chi connectivity index (χ4v) is 3.53. The fraction of sp³-hybridized carbons (Fsp3) is 0.353. The van der Waals surface area contributed by atoms with E-state index >= 15 is 0 Å². The van der Waals surface area contributed by atoms with Crippen LogP contribution in [-0.2, 0) is 0 Å². The lowest BCUT2D eigenvalue weighted by Gasteiger charge is -2.33. The third kappa shape index (κ3) is 2.87. The highest BCUT2D eigenvalue weighted by atomic mass is 32.1. The average Bonchev–Trinajstić information content (AvgIpc) is 3.02. The second-order valence-electron chi connectivity index (χ2n) is 5.41. The van der Waals surface area contributed by atoms with Crippen molar-refractivity contribution in [1.29, 1.82) is 0 Å². The van der Waals surface area contributed by atoms with Gasteiger partial charge < -0.3 is 0 Å². The van der Waals surface area contributed by atoms with Crippen molar-refractivity contribution in [2.45, 2.75) is 26.3 Å². The lowest BCUT2D eigenvalue weighted by molar-refractivity contribution is 0.219. The van der Waals surface area contributed by atoms with Crippen LogP contribution in [0.3, 0.4) is 0 Å². The van der Waals surface area contributed by atoms with Crippen molar-refractivity contribution in [2.24, 2.45) is 9.98 Å². The molecule has 1 unspecified atom stereocenters. The molecule has 0 N–H and O–H groups in total. The van der Waals surface area contributed by atoms with E-state index in [2.05, 4.69) is 51.7 Å². The molecular formula is C17H20N4S. The largest absolute Gasteiger partial charge is 0.290 e. The number of nitrogens with zero attached hydrogens (tertiary/aromatic N) is 4. The van der Waals surface area contributed by atoms with E-state index in [0.29, 0.717) is 6.04 Å². The zero-order valence-electron chi connectivity index (χ0n) is 13.0. The summed E-state index contributed by atoms with van der Waals surface area (Å²) in [5.74, 6) is 0. The van der Waals surface area contributed by atoms with E-state index in [1.807, 2.05) is 18.6 Å². The molecule has 1 aromatic carbocycles. The van der Waals surface area contributed by atoms with Crippen LogP contribution in [0.5, 0.6) is 0 Å². The summed E-state index contributed by atoms with van der Waals surface area (Å²) in [5, 5.41) is 0. The predicted molar refractivity (Wildman–Crippen MR) is 95.0 cm³/mol. The summed E-state index contributed by atoms with van der Waals surface area (Å²) in [7, 11) is 0. The van der Waals surface area contributed by atoms with Gasteiger partial charge in [-0.25, -0.2) is 4.98 Å². The summed E-state index contributed by atoms with van der Waals surface area (Å²) in [6, 6.07) is 6.89. The Bertz CT molecular complexity index is 744. The lowest BCUT2D eigenvalue weighted by Crippen LogP contribution is -2.33. The van der Waals surface area contributed by atoms with Crippen LogP contribution in [0.15, 0.2) is 45.1 Å². The normalized spacial score (nSPS) is 18.3. The highest BCUT2D eigenvalue weighted by molar-refractivity contribution is 7.16. The molecule has 0 saturated carbocycles. The van der Waals surface area contributed by atoms with Crippen LogP contribution < -0.4 is 0 Å². The van der Waals surface area contributed by atoms with Crippen molar-refractivity contribution in [3.63, 3.8) is 0 Å². The topological polar surface area (TPSA) is 40.9 Å². The number of fused-ring (bicyclic) bond motifs is 1. The van der Waals surface area contributed by atoms with Crippen LogP contribution in [0.1, 0.15) is 31.9 Å². The van der Waals surface area contributed by atoms with Crippen molar-refractivity contribution < 1.29 is 0 Å². The highest BCUT2D eigenvalue weighted by Crippen LogP contribution is 2.30. The molecule has 0 aliphatic carbocycles. The molecule has 4 nitrogen and oxygen atoms in total. The number of hydrogen-bond acceptors (Lipinski definition) is 5. The first-order chi connectivity index (χ1) is 10.7. The third-order valence-corrected chi connectivity index (χ3v) is 4.99. The molecule has 1 aromatic heterocycles. The van der Waals surface area contributed by atoms with Gasteiger partial charge in [0, 0.05) is 31.8 Å². The second kappa shape index (κ2) is 6.50. The highest BCUT2D eigenvalue weighted by Gasteiger charge is 2.23. The molecule has 0 fully saturated rings. The molecule has 2 aromatic rings. The number of benzene rings is 1. The van der Waals surface area contributed by atoms with E-state index in [1.54, 1.807) is 11.3 Å². The van der Waals surface area contributed by atoms with Gasteiger partial charge in [-0.3, -0.25) is 14.9 Å². The first kappa shape index (κ1) is 15.1. The van der Waals surface area contributed by atoms with Gasteiger partial charge in [0.2, 0.25) is 0 Å². The molecule has 22 heavy (non-hydrogen) atoms. The lowest BCUT2D eigenvalue weighted by atomic mass is 10.0. The number of hydrogen-bond donors (Lipinski definition) is 0. The molecule has 0 amide bonds. The summed E-state index contributed by atoms with van der Waals surface area (Å²) >= 11 is 1.68. The van der Waals surface area contributed by atoms with Crippen molar-refractivity contribution >= 4 is 34.5 Å². The Labute approximate surface area is 134 Å². The molecule has 2 heterocycles. The van der Waals surface area contributed by atoms with Gasteiger partial charge in [-0.05, 0) is 38.3 Å². The Kier molecular flexibility index (Phi) is 4.45. The van der Waals surface area contributed by atoms with Crippen LogP contribution in [0, 0.1) is 0 Å². The van der Waals surface area contributed by atoms with Crippen molar-refractivity contribution in [1.82, 2.24) is 9.88 Å². The SMILES string of the molecule is C=NC1=C(N=CC)CCN(C(C)c2ccc3scnc3c2)C1. The Morgan fingerprint density at radius 2 is 2.27 bits per heavy atom. The van der Waals surface area contributed by atoms with Crippen LogP contribution in [-0.4, -0.2) is 35.9 Å². The molecule has 3 rings (SSSR count). The van der Waals surface area contributed by atoms with Gasteiger partial charge in [-0.15, -0.1) is 11.3 Å². The fourth-order valence-electron chi connectivity index (χ4n) is 2.87. The van der Waals surface area contributed by atoms with E-state index in [0.717, 1.165) is 36.4 Å². The van der Waals surface area contributed by atoms with Crippen molar-refractivity contribution in [3.8, 4) is 0 Å². The van der Waals surface area contributed by atoms with Gasteiger partial charge in [0.25, 0.3) is 0 Å². The van der Waals surface area contributed by atoms with E-state index < -0.39 is 0 Å². The molecule has 1 atom stereocenters. The average molecular weight is 312 g/mol. The predicted octanol–water partition coefficient (Wildman–Crippen LogP) is 4.07. The van der Waals surface area contributed by atoms with E-state index in [1.165, 1.54) is 10.3 Å². The van der Waals surface area contributed by atoms with E-state index in [9.17, 15) is 0 Å². The van der Waals surface area contributed by atoms with Crippen LogP contribution in [0.2, 0.25) is 0 Å². The number of rotatable bonds is 4. The zero-order chi connectivity index (χ0) is 15.5. The minimum absolute atomic E-state index is 0.329. The van der Waals surface area contributed by atoms with Crippen molar-refractivity contribution in [3.05, 3.63) is 40.7 Å². The summed E-state index contributed by atoms with van der Waals surface area (Å²) in [6.07, 6.45) is 2.75. The molecule has 0 spiro atoms. The third-order valence-electron chi connectivity index (χ3n) is 4.18. The van der Waals surface area contributed by atoms with Gasteiger partial charge in [-0.2, -0.15) is 0 Å². The number of aromatic nitrogens is 1. The van der Waals surface area contributed by atoms with Crippen LogP contribution >= 0.6 is 11.3 Å². The Morgan fingerprint density at radius 1 is 1.41 bits per heavy atom. The molecule has 0 bridgehead atoms. The second-order valence-corrected chi connectivity index (χ2v) is 6.30. The van der Waals surface area contributed by atoms with Gasteiger partial charge in [0.1, 0.15) is 0 Å². The number of thiazole rings is 1. The quantitative estimate of drug-likeness (QED) is 0.799. The summed E-state index contributed by atoms with van der Waals surface area (Å²) in [6.45, 7) is 9.66. The minimum atomic E-state index is 0.329. The van der Waals surface area contributed by atoms with Gasteiger partial charge in [0.05, 0.1) is 27.1 Å². The maximum atomic E-state index is 4.42. The van der Waals surface area contributed by atoms with Crippen LogP contribution in [0.25, 0.3) is 10.2 Å². The molecule has 0 saturated heterocycles. The number of aliphatic imine (C=N–C) groups is 2. The van der Waals surface area contributed by atoms with Gasteiger partial charge in [-0.1, -0.05) is 6.07 Å². The Hall–Kier alpha value is -1.85. The Morgan fingerprint density at radius 3 is 3.05 bits per heavy atom. The van der Waals surface area contributed by atoms with Gasteiger partial charge in [0.15, 0.2) is 0 Å². The van der Waals surface area contributed by atoms with E-state index in [4.69, 9.17) is 0 Å². The molecule has 5 heteroatoms. The molecule has 114 valence electrons. The van der Waals surface area contributed by atoms with Crippen molar-refractivity contribution in [2.75, 3.05) is 13.1 Å². The van der Waals surface area contributed by atoms with Gasteiger partial charge >= 0.3 is 0 Å². The maximum absolute atomic E-state index is 4.42. The smallest absolute Gasteiger partial charge is 0.0815 e.